The molecule has 1 aliphatic heterocycles. The van der Waals surface area contributed by atoms with E-state index >= 15 is 0 Å². The van der Waals surface area contributed by atoms with Gasteiger partial charge in [-0.2, -0.15) is 5.26 Å². The molecule has 1 aliphatic rings. The molecule has 7 nitrogen and oxygen atoms in total. The number of aliphatic hydroxyl groups excluding tert-OH is 1. The fourth-order valence-corrected chi connectivity index (χ4v) is 1.82. The van der Waals surface area contributed by atoms with E-state index in [2.05, 4.69) is 9.97 Å². The topological polar surface area (TPSA) is 110 Å². The van der Waals surface area contributed by atoms with Crippen molar-refractivity contribution >= 4 is 11.9 Å². The minimum atomic E-state index is -1.03. The van der Waals surface area contributed by atoms with Crippen LogP contribution in [0, 0.1) is 11.3 Å². The first kappa shape index (κ1) is 11.3. The van der Waals surface area contributed by atoms with E-state index < -0.39 is 18.1 Å². The molecule has 1 saturated heterocycles. The molecule has 2 unspecified atom stereocenters. The van der Waals surface area contributed by atoms with Crippen molar-refractivity contribution in [3.05, 3.63) is 18.0 Å². The second-order valence-corrected chi connectivity index (χ2v) is 3.75. The Balaban J connectivity index is 2.32. The molecule has 0 radical (unpaired) electrons. The van der Waals surface area contributed by atoms with Crippen molar-refractivity contribution in [1.82, 2.24) is 9.97 Å². The highest BCUT2D eigenvalue weighted by molar-refractivity contribution is 5.78. The van der Waals surface area contributed by atoms with Crippen LogP contribution in [0.15, 0.2) is 12.3 Å². The molecular formula is C10H10N4O3. The van der Waals surface area contributed by atoms with Gasteiger partial charge in [0.15, 0.2) is 0 Å². The van der Waals surface area contributed by atoms with Crippen LogP contribution in [-0.2, 0) is 4.79 Å². The molecule has 0 bridgehead atoms. The number of β-amino-alcohol motifs (C(OH)–C–C–N with tert-alkyl or cyclic N) is 1. The normalized spacial score (nSPS) is 23.4. The van der Waals surface area contributed by atoms with Crippen LogP contribution in [0.2, 0.25) is 0 Å². The number of hydrogen-bond donors (Lipinski definition) is 2. The van der Waals surface area contributed by atoms with Crippen molar-refractivity contribution in [2.24, 2.45) is 0 Å². The second kappa shape index (κ2) is 4.35. The number of carboxylic acid groups (broad SMARTS) is 1. The molecular weight excluding hydrogens is 224 g/mol. The lowest BCUT2D eigenvalue weighted by molar-refractivity contribution is -0.138. The van der Waals surface area contributed by atoms with Gasteiger partial charge >= 0.3 is 5.97 Å². The zero-order chi connectivity index (χ0) is 12.4. The summed E-state index contributed by atoms with van der Waals surface area (Å²) in [6.45, 7) is 0.159. The molecule has 1 fully saturated rings. The minimum Gasteiger partial charge on any atom is -0.480 e. The van der Waals surface area contributed by atoms with Crippen LogP contribution in [0.4, 0.5) is 5.95 Å². The highest BCUT2D eigenvalue weighted by Crippen LogP contribution is 2.22. The molecule has 2 N–H and O–H groups in total. The van der Waals surface area contributed by atoms with Gasteiger partial charge in [-0.1, -0.05) is 0 Å². The van der Waals surface area contributed by atoms with Gasteiger partial charge in [0.2, 0.25) is 5.95 Å². The molecule has 0 amide bonds. The highest BCUT2D eigenvalue weighted by atomic mass is 16.4. The van der Waals surface area contributed by atoms with Crippen LogP contribution in [0.5, 0.6) is 0 Å². The van der Waals surface area contributed by atoms with Crippen LogP contribution < -0.4 is 4.90 Å². The van der Waals surface area contributed by atoms with Gasteiger partial charge in [0.05, 0.1) is 6.10 Å². The molecule has 2 rings (SSSR count). The van der Waals surface area contributed by atoms with Gasteiger partial charge in [-0.05, 0) is 6.07 Å². The molecule has 7 heteroatoms. The van der Waals surface area contributed by atoms with Crippen LogP contribution in [0.1, 0.15) is 12.1 Å². The summed E-state index contributed by atoms with van der Waals surface area (Å²) in [6, 6.07) is 2.45. The van der Waals surface area contributed by atoms with E-state index in [0.717, 1.165) is 0 Å². The van der Waals surface area contributed by atoms with Gasteiger partial charge in [-0.3, -0.25) is 0 Å². The summed E-state index contributed by atoms with van der Waals surface area (Å²) in [7, 11) is 0. The molecule has 88 valence electrons. The van der Waals surface area contributed by atoms with E-state index in [9.17, 15) is 9.90 Å². The van der Waals surface area contributed by atoms with E-state index in [1.165, 1.54) is 17.2 Å². The first-order valence-corrected chi connectivity index (χ1v) is 5.02. The third-order valence-corrected chi connectivity index (χ3v) is 2.58. The number of carboxylic acids is 1. The van der Waals surface area contributed by atoms with E-state index in [1.807, 2.05) is 6.07 Å². The van der Waals surface area contributed by atoms with Crippen LogP contribution in [-0.4, -0.2) is 44.8 Å². The number of aromatic nitrogens is 2. The van der Waals surface area contributed by atoms with Crippen molar-refractivity contribution in [3.63, 3.8) is 0 Å². The number of nitrogens with zero attached hydrogens (tertiary/aromatic N) is 4. The van der Waals surface area contributed by atoms with Gasteiger partial charge in [0.25, 0.3) is 0 Å². The number of nitriles is 1. The predicted molar refractivity (Wildman–Crippen MR) is 56.1 cm³/mol. The Kier molecular flexibility index (Phi) is 2.89. The zero-order valence-electron chi connectivity index (χ0n) is 8.82. The molecule has 0 aromatic carbocycles. The number of anilines is 1. The lowest BCUT2D eigenvalue weighted by Gasteiger charge is -2.20. The second-order valence-electron chi connectivity index (χ2n) is 3.75. The lowest BCUT2D eigenvalue weighted by atomic mass is 10.2. The first-order chi connectivity index (χ1) is 8.11. The number of aliphatic hydroxyl groups is 1. The van der Waals surface area contributed by atoms with Crippen molar-refractivity contribution in [3.8, 4) is 6.07 Å². The first-order valence-electron chi connectivity index (χ1n) is 5.02. The van der Waals surface area contributed by atoms with Crippen molar-refractivity contribution in [2.45, 2.75) is 18.6 Å². The summed E-state index contributed by atoms with van der Waals surface area (Å²) in [5.74, 6) is -0.875. The average molecular weight is 234 g/mol. The summed E-state index contributed by atoms with van der Waals surface area (Å²) >= 11 is 0. The van der Waals surface area contributed by atoms with Gasteiger partial charge < -0.3 is 15.1 Å². The Morgan fingerprint density at radius 1 is 1.65 bits per heavy atom. The molecule has 2 atom stereocenters. The van der Waals surface area contributed by atoms with Crippen molar-refractivity contribution < 1.29 is 15.0 Å². The van der Waals surface area contributed by atoms with Crippen molar-refractivity contribution in [1.29, 1.82) is 5.26 Å². The minimum absolute atomic E-state index is 0.134. The van der Waals surface area contributed by atoms with E-state index in [0.29, 0.717) is 0 Å². The molecule has 0 spiro atoms. The number of rotatable bonds is 2. The Morgan fingerprint density at radius 3 is 3.06 bits per heavy atom. The summed E-state index contributed by atoms with van der Waals surface area (Å²) in [6.07, 6.45) is 0.811. The summed E-state index contributed by atoms with van der Waals surface area (Å²) < 4.78 is 0. The standard InChI is InChI=1S/C10H10N4O3/c11-4-6-1-2-12-10(13-6)14-5-7(15)3-8(14)9(16)17/h1-2,7-8,15H,3,5H2,(H,16,17). The number of aliphatic carboxylic acids is 1. The maximum Gasteiger partial charge on any atom is 0.326 e. The van der Waals surface area contributed by atoms with Gasteiger partial charge in [-0.25, -0.2) is 14.8 Å². The summed E-state index contributed by atoms with van der Waals surface area (Å²) in [5, 5.41) is 27.2. The fraction of sp³-hybridized carbons (Fsp3) is 0.400. The quantitative estimate of drug-likeness (QED) is 0.701. The highest BCUT2D eigenvalue weighted by Gasteiger charge is 2.37. The number of carbonyl (C=O) groups is 1. The molecule has 1 aromatic rings. The molecule has 2 heterocycles. The van der Waals surface area contributed by atoms with Crippen molar-refractivity contribution in [2.75, 3.05) is 11.4 Å². The Labute approximate surface area is 97.0 Å². The van der Waals surface area contributed by atoms with Crippen LogP contribution in [0.25, 0.3) is 0 Å². The Hall–Kier alpha value is -2.20. The third-order valence-electron chi connectivity index (χ3n) is 2.58. The summed E-state index contributed by atoms with van der Waals surface area (Å²) in [5.41, 5.74) is 0.167. The lowest BCUT2D eigenvalue weighted by Crippen LogP contribution is -2.37. The summed E-state index contributed by atoms with van der Waals surface area (Å²) in [4.78, 5) is 20.3. The monoisotopic (exact) mass is 234 g/mol. The Bertz CT molecular complexity index is 485. The smallest absolute Gasteiger partial charge is 0.326 e. The average Bonchev–Trinajstić information content (AvgIpc) is 2.72. The van der Waals surface area contributed by atoms with E-state index in [4.69, 9.17) is 10.4 Å². The maximum atomic E-state index is 11.0. The van der Waals surface area contributed by atoms with Crippen LogP contribution >= 0.6 is 0 Å². The van der Waals surface area contributed by atoms with Gasteiger partial charge in [0, 0.05) is 19.2 Å². The van der Waals surface area contributed by atoms with E-state index in [-0.39, 0.29) is 24.6 Å². The molecule has 17 heavy (non-hydrogen) atoms. The van der Waals surface area contributed by atoms with Gasteiger partial charge in [-0.15, -0.1) is 0 Å². The number of hydrogen-bond acceptors (Lipinski definition) is 6. The Morgan fingerprint density at radius 2 is 2.41 bits per heavy atom. The van der Waals surface area contributed by atoms with Gasteiger partial charge in [0.1, 0.15) is 17.8 Å². The predicted octanol–water partition coefficient (Wildman–Crippen LogP) is -0.628. The molecule has 0 aliphatic carbocycles. The zero-order valence-corrected chi connectivity index (χ0v) is 8.82. The SMILES string of the molecule is N#Cc1ccnc(N2CC(O)CC2C(=O)O)n1. The maximum absolute atomic E-state index is 11.0. The van der Waals surface area contributed by atoms with E-state index in [1.54, 1.807) is 0 Å². The molecule has 0 saturated carbocycles. The molecule has 1 aromatic heterocycles. The third kappa shape index (κ3) is 2.16. The largest absolute Gasteiger partial charge is 0.480 e. The fourth-order valence-electron chi connectivity index (χ4n) is 1.82. The van der Waals surface area contributed by atoms with Crippen LogP contribution in [0.3, 0.4) is 0 Å².